The van der Waals surface area contributed by atoms with Gasteiger partial charge in [0.25, 0.3) is 0 Å². The van der Waals surface area contributed by atoms with Crippen LogP contribution in [-0.2, 0) is 9.53 Å². The molecule has 1 aliphatic rings. The second-order valence-corrected chi connectivity index (χ2v) is 9.41. The molecule has 6 heteroatoms. The Labute approximate surface area is 174 Å². The first-order valence-electron chi connectivity index (χ1n) is 10.4. The molecule has 0 radical (unpaired) electrons. The highest BCUT2D eigenvalue weighted by Crippen LogP contribution is 2.32. The van der Waals surface area contributed by atoms with Crippen molar-refractivity contribution in [3.63, 3.8) is 0 Å². The van der Waals surface area contributed by atoms with E-state index in [-0.39, 0.29) is 18.4 Å². The molecule has 1 saturated heterocycles. The van der Waals surface area contributed by atoms with Crippen LogP contribution in [-0.4, -0.2) is 41.7 Å². The van der Waals surface area contributed by atoms with Crippen LogP contribution in [0.3, 0.4) is 0 Å². The normalized spacial score (nSPS) is 20.7. The molecule has 1 unspecified atom stereocenters. The van der Waals surface area contributed by atoms with E-state index in [0.29, 0.717) is 12.5 Å². The van der Waals surface area contributed by atoms with Gasteiger partial charge in [0.05, 0.1) is 25.1 Å². The fraction of sp³-hybridized carbons (Fsp3) is 0.652. The number of hydrogen-bond donors (Lipinski definition) is 1. The summed E-state index contributed by atoms with van der Waals surface area (Å²) >= 11 is 0. The van der Waals surface area contributed by atoms with E-state index in [2.05, 4.69) is 19.2 Å². The molecule has 1 heterocycles. The summed E-state index contributed by atoms with van der Waals surface area (Å²) in [6.45, 7) is 12.5. The van der Waals surface area contributed by atoms with E-state index in [4.69, 9.17) is 9.47 Å². The van der Waals surface area contributed by atoms with Crippen LogP contribution in [0.5, 0.6) is 5.75 Å². The summed E-state index contributed by atoms with van der Waals surface area (Å²) < 4.78 is 10.9. The van der Waals surface area contributed by atoms with Gasteiger partial charge >= 0.3 is 6.09 Å². The number of ether oxygens (including phenoxy) is 2. The maximum absolute atomic E-state index is 12.7. The molecular weight excluding hydrogens is 368 g/mol. The zero-order chi connectivity index (χ0) is 21.8. The van der Waals surface area contributed by atoms with Gasteiger partial charge in [0.1, 0.15) is 11.4 Å². The van der Waals surface area contributed by atoms with Gasteiger partial charge in [0, 0.05) is 6.54 Å². The maximum atomic E-state index is 12.7. The van der Waals surface area contributed by atoms with E-state index < -0.39 is 17.2 Å². The quantitative estimate of drug-likeness (QED) is 0.683. The van der Waals surface area contributed by atoms with E-state index in [1.165, 1.54) is 0 Å². The maximum Gasteiger partial charge on any atom is 0.408 e. The monoisotopic (exact) mass is 404 g/mol. The van der Waals surface area contributed by atoms with Crippen LogP contribution < -0.4 is 10.1 Å². The predicted molar refractivity (Wildman–Crippen MR) is 114 cm³/mol. The van der Waals surface area contributed by atoms with Crippen molar-refractivity contribution >= 4 is 12.0 Å². The molecule has 0 bridgehead atoms. The van der Waals surface area contributed by atoms with Crippen molar-refractivity contribution in [1.82, 2.24) is 10.2 Å². The smallest absolute Gasteiger partial charge is 0.408 e. The Bertz CT molecular complexity index is 714. The predicted octanol–water partition coefficient (Wildman–Crippen LogP) is 4.69. The van der Waals surface area contributed by atoms with Crippen molar-refractivity contribution < 1.29 is 19.1 Å². The fourth-order valence-corrected chi connectivity index (χ4v) is 3.66. The number of carbonyl (C=O) groups is 2. The van der Waals surface area contributed by atoms with E-state index in [9.17, 15) is 9.59 Å². The zero-order valence-electron chi connectivity index (χ0n) is 18.9. The first-order valence-corrected chi connectivity index (χ1v) is 10.4. The van der Waals surface area contributed by atoms with Crippen LogP contribution in [0.1, 0.15) is 72.4 Å². The van der Waals surface area contributed by atoms with Crippen molar-refractivity contribution in [1.29, 1.82) is 0 Å². The largest absolute Gasteiger partial charge is 0.497 e. The molecule has 29 heavy (non-hydrogen) atoms. The van der Waals surface area contributed by atoms with Gasteiger partial charge in [0.15, 0.2) is 0 Å². The summed E-state index contributed by atoms with van der Waals surface area (Å²) in [5.41, 5.74) is -0.160. The molecule has 6 nitrogen and oxygen atoms in total. The highest BCUT2D eigenvalue weighted by molar-refractivity contribution is 5.82. The first kappa shape index (κ1) is 23.0. The lowest BCUT2D eigenvalue weighted by Gasteiger charge is -2.31. The minimum Gasteiger partial charge on any atom is -0.497 e. The topological polar surface area (TPSA) is 67.9 Å². The molecule has 0 aliphatic carbocycles. The van der Waals surface area contributed by atoms with Crippen LogP contribution in [0.2, 0.25) is 0 Å². The Balaban J connectivity index is 1.98. The first-order chi connectivity index (χ1) is 13.4. The van der Waals surface area contributed by atoms with Gasteiger partial charge in [-0.1, -0.05) is 26.0 Å². The van der Waals surface area contributed by atoms with Gasteiger partial charge < -0.3 is 19.7 Å². The molecule has 2 amide bonds. The third-order valence-corrected chi connectivity index (χ3v) is 5.54. The highest BCUT2D eigenvalue weighted by atomic mass is 16.6. The van der Waals surface area contributed by atoms with Crippen LogP contribution >= 0.6 is 0 Å². The molecule has 2 rings (SSSR count). The third-order valence-electron chi connectivity index (χ3n) is 5.54. The number of rotatable bonds is 8. The lowest BCUT2D eigenvalue weighted by Crippen LogP contribution is -2.50. The van der Waals surface area contributed by atoms with Gasteiger partial charge in [-0.2, -0.15) is 0 Å². The molecule has 1 aromatic rings. The van der Waals surface area contributed by atoms with E-state index in [1.54, 1.807) is 7.11 Å². The van der Waals surface area contributed by atoms with Crippen molar-refractivity contribution in [2.75, 3.05) is 13.7 Å². The molecule has 1 N–H and O–H groups in total. The van der Waals surface area contributed by atoms with Crippen molar-refractivity contribution in [2.24, 2.45) is 5.92 Å². The van der Waals surface area contributed by atoms with Gasteiger partial charge in [-0.3, -0.25) is 4.79 Å². The standard InChI is InChI=1S/C23H36N2O4/c1-16(2)12-13-22(4,5)29-21(27)24-23(6)14-20(26)25(15-23)17(3)18-8-10-19(28-7)11-9-18/h8-11,16-17H,12-15H2,1-7H3,(H,24,27)/t17-,23?/m0/s1. The van der Waals surface area contributed by atoms with Crippen LogP contribution in [0.4, 0.5) is 4.79 Å². The minimum atomic E-state index is -0.650. The average Bonchev–Trinajstić information content (AvgIpc) is 2.93. The summed E-state index contributed by atoms with van der Waals surface area (Å²) in [7, 11) is 1.63. The van der Waals surface area contributed by atoms with Crippen LogP contribution in [0.25, 0.3) is 0 Å². The van der Waals surface area contributed by atoms with Gasteiger partial charge in [0.2, 0.25) is 5.91 Å². The summed E-state index contributed by atoms with van der Waals surface area (Å²) in [5.74, 6) is 1.36. The lowest BCUT2D eigenvalue weighted by atomic mass is 9.97. The van der Waals surface area contributed by atoms with Crippen molar-refractivity contribution in [3.8, 4) is 5.75 Å². The van der Waals surface area contributed by atoms with E-state index >= 15 is 0 Å². The second kappa shape index (κ2) is 9.06. The molecule has 1 fully saturated rings. The Kier molecular flexibility index (Phi) is 7.20. The molecular formula is C23H36N2O4. The molecule has 162 valence electrons. The van der Waals surface area contributed by atoms with Gasteiger partial charge in [-0.25, -0.2) is 4.79 Å². The summed E-state index contributed by atoms with van der Waals surface area (Å²) in [5, 5.41) is 2.94. The van der Waals surface area contributed by atoms with Crippen LogP contribution in [0, 0.1) is 5.92 Å². The minimum absolute atomic E-state index is 0.0233. The molecule has 0 aromatic heterocycles. The van der Waals surface area contributed by atoms with Crippen molar-refractivity contribution in [3.05, 3.63) is 29.8 Å². The summed E-state index contributed by atoms with van der Waals surface area (Å²) in [6, 6.07) is 7.62. The molecule has 2 atom stereocenters. The number of hydrogen-bond acceptors (Lipinski definition) is 4. The van der Waals surface area contributed by atoms with E-state index in [0.717, 1.165) is 24.2 Å². The lowest BCUT2D eigenvalue weighted by molar-refractivity contribution is -0.129. The number of likely N-dealkylation sites (tertiary alicyclic amines) is 1. The number of alkyl carbamates (subject to hydrolysis) is 1. The zero-order valence-corrected chi connectivity index (χ0v) is 18.9. The van der Waals surface area contributed by atoms with Gasteiger partial charge in [-0.15, -0.1) is 0 Å². The average molecular weight is 405 g/mol. The number of nitrogens with zero attached hydrogens (tertiary/aromatic N) is 1. The number of carbonyl (C=O) groups excluding carboxylic acids is 2. The molecule has 0 spiro atoms. The Morgan fingerprint density at radius 3 is 2.41 bits per heavy atom. The van der Waals surface area contributed by atoms with Gasteiger partial charge in [-0.05, 0) is 64.2 Å². The van der Waals surface area contributed by atoms with Crippen molar-refractivity contribution in [2.45, 2.75) is 78.0 Å². The number of methoxy groups -OCH3 is 1. The molecule has 1 aliphatic heterocycles. The highest BCUT2D eigenvalue weighted by Gasteiger charge is 2.43. The molecule has 0 saturated carbocycles. The Hall–Kier alpha value is -2.24. The Morgan fingerprint density at radius 1 is 1.24 bits per heavy atom. The summed E-state index contributed by atoms with van der Waals surface area (Å²) in [6.07, 6.45) is 1.58. The number of nitrogens with one attached hydrogen (secondary N) is 1. The Morgan fingerprint density at radius 2 is 1.86 bits per heavy atom. The number of amides is 2. The third kappa shape index (κ3) is 6.38. The fourth-order valence-electron chi connectivity index (χ4n) is 3.66. The summed E-state index contributed by atoms with van der Waals surface area (Å²) in [4.78, 5) is 27.0. The van der Waals surface area contributed by atoms with Crippen LogP contribution in [0.15, 0.2) is 24.3 Å². The SMILES string of the molecule is COc1ccc([C@H](C)N2CC(C)(NC(=O)OC(C)(C)CCC(C)C)CC2=O)cc1. The molecule has 1 aromatic carbocycles. The number of benzene rings is 1. The second-order valence-electron chi connectivity index (χ2n) is 9.41. The van der Waals surface area contributed by atoms with E-state index in [1.807, 2.05) is 56.9 Å².